The number of rotatable bonds is 4. The van der Waals surface area contributed by atoms with Crippen LogP contribution in [0.4, 0.5) is 0 Å². The Labute approximate surface area is 87.8 Å². The molecule has 1 saturated heterocycles. The number of hydrogen-bond donors (Lipinski definition) is 1. The van der Waals surface area contributed by atoms with Gasteiger partial charge in [0, 0.05) is 18.2 Å². The number of carbonyl (C=O) groups excluding carboxylic acids is 2. The molecule has 0 radical (unpaired) electrons. The maximum Gasteiger partial charge on any atom is 0.307 e. The highest BCUT2D eigenvalue weighted by molar-refractivity contribution is 7.99. The van der Waals surface area contributed by atoms with Gasteiger partial charge in [-0.25, -0.2) is 0 Å². The topological polar surface area (TPSA) is 55.4 Å². The Bertz CT molecular complexity index is 214. The molecule has 14 heavy (non-hydrogen) atoms. The lowest BCUT2D eigenvalue weighted by Gasteiger charge is -2.08. The van der Waals surface area contributed by atoms with Gasteiger partial charge >= 0.3 is 5.97 Å². The zero-order valence-corrected chi connectivity index (χ0v) is 9.06. The molecule has 0 saturated carbocycles. The van der Waals surface area contributed by atoms with E-state index in [0.29, 0.717) is 6.54 Å². The molecule has 0 aliphatic carbocycles. The Balaban J connectivity index is 2.11. The molecule has 0 spiro atoms. The molecule has 4 nitrogen and oxygen atoms in total. The summed E-state index contributed by atoms with van der Waals surface area (Å²) in [5, 5.41) is 2.74. The van der Waals surface area contributed by atoms with E-state index in [-0.39, 0.29) is 24.2 Å². The molecule has 0 aromatic rings. The fourth-order valence-electron chi connectivity index (χ4n) is 1.28. The minimum atomic E-state index is -0.286. The number of carbonyl (C=O) groups is 2. The Morgan fingerprint density at radius 1 is 1.57 bits per heavy atom. The van der Waals surface area contributed by atoms with E-state index in [9.17, 15) is 9.59 Å². The second kappa shape index (κ2) is 5.90. The van der Waals surface area contributed by atoms with E-state index >= 15 is 0 Å². The number of thioether (sulfide) groups is 1. The minimum Gasteiger partial charge on any atom is -0.469 e. The average Bonchev–Trinajstić information content (AvgIpc) is 2.70. The van der Waals surface area contributed by atoms with Crippen LogP contribution in [0, 0.1) is 5.92 Å². The summed E-state index contributed by atoms with van der Waals surface area (Å²) in [6.07, 6.45) is 1.21. The van der Waals surface area contributed by atoms with E-state index in [1.807, 2.05) is 0 Å². The van der Waals surface area contributed by atoms with Gasteiger partial charge in [-0.1, -0.05) is 0 Å². The number of hydrogen-bond acceptors (Lipinski definition) is 4. The summed E-state index contributed by atoms with van der Waals surface area (Å²) in [5.41, 5.74) is 0. The van der Waals surface area contributed by atoms with Crippen molar-refractivity contribution in [3.63, 3.8) is 0 Å². The van der Waals surface area contributed by atoms with Gasteiger partial charge in [0.2, 0.25) is 5.91 Å². The first-order valence-electron chi connectivity index (χ1n) is 4.66. The zero-order chi connectivity index (χ0) is 10.4. The summed E-state index contributed by atoms with van der Waals surface area (Å²) in [6.45, 7) is 0.382. The molecular weight excluding hydrogens is 202 g/mol. The first-order valence-corrected chi connectivity index (χ1v) is 5.81. The smallest absolute Gasteiger partial charge is 0.307 e. The molecule has 1 amide bonds. The summed E-state index contributed by atoms with van der Waals surface area (Å²) < 4.78 is 4.46. The highest BCUT2D eigenvalue weighted by Crippen LogP contribution is 2.23. The maximum atomic E-state index is 11.4. The van der Waals surface area contributed by atoms with Crippen molar-refractivity contribution in [1.82, 2.24) is 5.32 Å². The van der Waals surface area contributed by atoms with Gasteiger partial charge < -0.3 is 10.1 Å². The number of ether oxygens (including phenoxy) is 1. The predicted octanol–water partition coefficient (Wildman–Crippen LogP) is 0.419. The third kappa shape index (κ3) is 3.57. The van der Waals surface area contributed by atoms with E-state index in [1.165, 1.54) is 7.11 Å². The zero-order valence-electron chi connectivity index (χ0n) is 8.25. The summed E-state index contributed by atoms with van der Waals surface area (Å²) in [5.74, 6) is 1.89. The van der Waals surface area contributed by atoms with Crippen molar-refractivity contribution >= 4 is 23.6 Å². The van der Waals surface area contributed by atoms with Crippen molar-refractivity contribution in [2.45, 2.75) is 12.8 Å². The Morgan fingerprint density at radius 3 is 2.93 bits per heavy atom. The van der Waals surface area contributed by atoms with Crippen LogP contribution in [0.1, 0.15) is 12.8 Å². The highest BCUT2D eigenvalue weighted by atomic mass is 32.2. The predicted molar refractivity (Wildman–Crippen MR) is 55.1 cm³/mol. The lowest BCUT2D eigenvalue weighted by Crippen LogP contribution is -2.32. The second-order valence-electron chi connectivity index (χ2n) is 3.18. The molecule has 1 unspecified atom stereocenters. The van der Waals surface area contributed by atoms with Crippen LogP contribution in [-0.2, 0) is 14.3 Å². The maximum absolute atomic E-state index is 11.4. The monoisotopic (exact) mass is 217 g/mol. The van der Waals surface area contributed by atoms with Crippen molar-refractivity contribution in [1.29, 1.82) is 0 Å². The first kappa shape index (κ1) is 11.4. The van der Waals surface area contributed by atoms with Crippen molar-refractivity contribution < 1.29 is 14.3 Å². The minimum absolute atomic E-state index is 0.0684. The van der Waals surface area contributed by atoms with Crippen LogP contribution in [0.2, 0.25) is 0 Å². The molecule has 0 bridgehead atoms. The van der Waals surface area contributed by atoms with Crippen molar-refractivity contribution in [2.24, 2.45) is 5.92 Å². The van der Waals surface area contributed by atoms with Gasteiger partial charge in [0.15, 0.2) is 0 Å². The van der Waals surface area contributed by atoms with Crippen LogP contribution in [0.5, 0.6) is 0 Å². The summed E-state index contributed by atoms with van der Waals surface area (Å²) in [6, 6.07) is 0. The van der Waals surface area contributed by atoms with Gasteiger partial charge in [0.05, 0.1) is 13.5 Å². The van der Waals surface area contributed by atoms with Crippen LogP contribution in [0.25, 0.3) is 0 Å². The Kier molecular flexibility index (Phi) is 4.79. The van der Waals surface area contributed by atoms with Crippen LogP contribution in [0.3, 0.4) is 0 Å². The summed E-state index contributed by atoms with van der Waals surface area (Å²) in [7, 11) is 1.35. The first-order chi connectivity index (χ1) is 6.74. The molecule has 80 valence electrons. The molecule has 1 atom stereocenters. The van der Waals surface area contributed by atoms with Gasteiger partial charge in [-0.15, -0.1) is 0 Å². The Hall–Kier alpha value is -0.710. The number of nitrogens with one attached hydrogen (secondary N) is 1. The van der Waals surface area contributed by atoms with E-state index < -0.39 is 0 Å². The molecule has 1 aliphatic rings. The fourth-order valence-corrected chi connectivity index (χ4v) is 2.50. The fraction of sp³-hybridized carbons (Fsp3) is 0.778. The largest absolute Gasteiger partial charge is 0.469 e. The quantitative estimate of drug-likeness (QED) is 0.693. The van der Waals surface area contributed by atoms with Crippen molar-refractivity contribution in [3.8, 4) is 0 Å². The van der Waals surface area contributed by atoms with E-state index in [0.717, 1.165) is 17.9 Å². The van der Waals surface area contributed by atoms with Gasteiger partial charge in [0.1, 0.15) is 0 Å². The molecule has 1 N–H and O–H groups in total. The van der Waals surface area contributed by atoms with Crippen LogP contribution in [0.15, 0.2) is 0 Å². The number of esters is 1. The summed E-state index contributed by atoms with van der Waals surface area (Å²) in [4.78, 5) is 22.2. The Morgan fingerprint density at radius 2 is 2.36 bits per heavy atom. The standard InChI is InChI=1S/C9H15NO3S/c1-13-8(11)2-4-10-9(12)7-3-5-14-6-7/h7H,2-6H2,1H3,(H,10,12). The molecule has 5 heteroatoms. The molecule has 0 aromatic heterocycles. The highest BCUT2D eigenvalue weighted by Gasteiger charge is 2.22. The molecule has 1 aliphatic heterocycles. The third-order valence-corrected chi connectivity index (χ3v) is 3.32. The normalized spacial score (nSPS) is 20.5. The van der Waals surface area contributed by atoms with E-state index in [1.54, 1.807) is 11.8 Å². The van der Waals surface area contributed by atoms with Crippen LogP contribution >= 0.6 is 11.8 Å². The van der Waals surface area contributed by atoms with Gasteiger partial charge in [0.25, 0.3) is 0 Å². The SMILES string of the molecule is COC(=O)CCNC(=O)C1CCSC1. The average molecular weight is 217 g/mol. The van der Waals surface area contributed by atoms with Gasteiger partial charge in [-0.3, -0.25) is 9.59 Å². The van der Waals surface area contributed by atoms with Crippen LogP contribution in [-0.4, -0.2) is 37.0 Å². The second-order valence-corrected chi connectivity index (χ2v) is 4.33. The van der Waals surface area contributed by atoms with Gasteiger partial charge in [-0.2, -0.15) is 11.8 Å². The summed E-state index contributed by atoms with van der Waals surface area (Å²) >= 11 is 1.80. The van der Waals surface area contributed by atoms with Gasteiger partial charge in [-0.05, 0) is 12.2 Å². The molecule has 1 heterocycles. The molecule has 1 fully saturated rings. The van der Waals surface area contributed by atoms with E-state index in [2.05, 4.69) is 10.1 Å². The molecule has 1 rings (SSSR count). The van der Waals surface area contributed by atoms with Crippen molar-refractivity contribution in [3.05, 3.63) is 0 Å². The van der Waals surface area contributed by atoms with Crippen LogP contribution < -0.4 is 5.32 Å². The number of amides is 1. The molecular formula is C9H15NO3S. The van der Waals surface area contributed by atoms with Crippen molar-refractivity contribution in [2.75, 3.05) is 25.2 Å². The third-order valence-electron chi connectivity index (χ3n) is 2.16. The molecule has 0 aromatic carbocycles. The lowest BCUT2D eigenvalue weighted by molar-refractivity contribution is -0.140. The number of methoxy groups -OCH3 is 1. The van der Waals surface area contributed by atoms with E-state index in [4.69, 9.17) is 0 Å². The lowest BCUT2D eigenvalue weighted by atomic mass is 10.1.